The Bertz CT molecular complexity index is 276. The van der Waals surface area contributed by atoms with Crippen LogP contribution in [0.15, 0.2) is 0 Å². The summed E-state index contributed by atoms with van der Waals surface area (Å²) in [7, 11) is 0. The van der Waals surface area contributed by atoms with Gasteiger partial charge in [0.05, 0.1) is 12.2 Å². The Morgan fingerprint density at radius 2 is 1.40 bits per heavy atom. The highest BCUT2D eigenvalue weighted by molar-refractivity contribution is 5.16. The van der Waals surface area contributed by atoms with Gasteiger partial charge < -0.3 is 4.74 Å². The van der Waals surface area contributed by atoms with E-state index in [9.17, 15) is 0 Å². The summed E-state index contributed by atoms with van der Waals surface area (Å²) in [5.74, 6) is 4.21. The Morgan fingerprint density at radius 1 is 0.867 bits per heavy atom. The van der Waals surface area contributed by atoms with Crippen molar-refractivity contribution in [2.45, 2.75) is 51.6 Å². The Morgan fingerprint density at radius 3 is 1.73 bits per heavy atom. The van der Waals surface area contributed by atoms with Gasteiger partial charge in [-0.2, -0.15) is 0 Å². The molecule has 4 bridgehead atoms. The maximum absolute atomic E-state index is 5.90. The summed E-state index contributed by atoms with van der Waals surface area (Å²) in [6.45, 7) is 5.77. The molecule has 1 aliphatic heterocycles. The normalized spacial score (nSPS) is 59.6. The summed E-state index contributed by atoms with van der Waals surface area (Å²) in [5, 5.41) is 0. The minimum Gasteiger partial charge on any atom is -0.374 e. The van der Waals surface area contributed by atoms with Gasteiger partial charge in [-0.3, -0.25) is 0 Å². The van der Waals surface area contributed by atoms with Crippen molar-refractivity contribution in [1.82, 2.24) is 0 Å². The van der Waals surface area contributed by atoms with Gasteiger partial charge in [0.1, 0.15) is 0 Å². The van der Waals surface area contributed by atoms with E-state index < -0.39 is 0 Å². The van der Waals surface area contributed by atoms with Crippen LogP contribution in [-0.2, 0) is 4.74 Å². The van der Waals surface area contributed by atoms with Crippen molar-refractivity contribution in [3.8, 4) is 0 Å². The molecule has 1 spiro atoms. The maximum Gasteiger partial charge on any atom is 0.0710 e. The fourth-order valence-electron chi connectivity index (χ4n) is 5.77. The van der Waals surface area contributed by atoms with Gasteiger partial charge in [0, 0.05) is 5.41 Å². The van der Waals surface area contributed by atoms with Crippen LogP contribution in [-0.4, -0.2) is 12.2 Å². The minimum absolute atomic E-state index is 0.190. The summed E-state index contributed by atoms with van der Waals surface area (Å²) in [4.78, 5) is 0. The molecular weight excluding hydrogens is 184 g/mol. The van der Waals surface area contributed by atoms with Crippen LogP contribution in [0, 0.1) is 29.1 Å². The second-order valence-corrected chi connectivity index (χ2v) is 7.14. The van der Waals surface area contributed by atoms with E-state index in [2.05, 4.69) is 13.8 Å². The first kappa shape index (κ1) is 9.04. The van der Waals surface area contributed by atoms with Gasteiger partial charge in [-0.25, -0.2) is 0 Å². The Kier molecular flexibility index (Phi) is 1.47. The van der Waals surface area contributed by atoms with Crippen LogP contribution in [0.1, 0.15) is 46.0 Å². The van der Waals surface area contributed by atoms with Crippen LogP contribution in [0.5, 0.6) is 0 Å². The smallest absolute Gasteiger partial charge is 0.0710 e. The minimum atomic E-state index is 0.190. The standard InChI is InChI=1S/C14H22O/c1-13(2)14(8-15-13)11-4-9-3-10(6-11)7-12(14)5-9/h9-12H,3-8H2,1-2H3. The van der Waals surface area contributed by atoms with E-state index in [4.69, 9.17) is 4.74 Å². The average Bonchev–Trinajstić information content (AvgIpc) is 2.14. The van der Waals surface area contributed by atoms with Crippen LogP contribution in [0.3, 0.4) is 0 Å². The second kappa shape index (κ2) is 2.45. The summed E-state index contributed by atoms with van der Waals surface area (Å²) in [5.41, 5.74) is 0.788. The highest BCUT2D eigenvalue weighted by Gasteiger charge is 2.68. The van der Waals surface area contributed by atoms with Crippen molar-refractivity contribution in [3.05, 3.63) is 0 Å². The van der Waals surface area contributed by atoms with Gasteiger partial charge in [-0.05, 0) is 69.6 Å². The highest BCUT2D eigenvalue weighted by Crippen LogP contribution is 2.69. The van der Waals surface area contributed by atoms with Crippen molar-refractivity contribution < 1.29 is 4.74 Å². The molecule has 0 amide bonds. The average molecular weight is 206 g/mol. The SMILES string of the molecule is CC1(C)OCC12C1CC3CC(C1)CC2C3. The molecular formula is C14H22O. The molecule has 5 rings (SSSR count). The summed E-state index contributed by atoms with van der Waals surface area (Å²) < 4.78 is 5.90. The van der Waals surface area contributed by atoms with Crippen LogP contribution < -0.4 is 0 Å². The third kappa shape index (κ3) is 0.868. The van der Waals surface area contributed by atoms with E-state index in [0.717, 1.165) is 30.3 Å². The molecule has 0 N–H and O–H groups in total. The third-order valence-electron chi connectivity index (χ3n) is 6.39. The van der Waals surface area contributed by atoms with Crippen molar-refractivity contribution in [3.63, 3.8) is 0 Å². The van der Waals surface area contributed by atoms with Gasteiger partial charge in [0.25, 0.3) is 0 Å². The summed E-state index contributed by atoms with van der Waals surface area (Å²) in [6, 6.07) is 0. The fourth-order valence-corrected chi connectivity index (χ4v) is 5.77. The van der Waals surface area contributed by atoms with E-state index in [0.29, 0.717) is 5.41 Å². The lowest BCUT2D eigenvalue weighted by Gasteiger charge is -2.71. The zero-order valence-electron chi connectivity index (χ0n) is 9.96. The molecule has 1 nitrogen and oxygen atoms in total. The first-order chi connectivity index (χ1) is 7.12. The largest absolute Gasteiger partial charge is 0.374 e. The predicted octanol–water partition coefficient (Wildman–Crippen LogP) is 3.24. The van der Waals surface area contributed by atoms with Gasteiger partial charge in [0.15, 0.2) is 0 Å². The van der Waals surface area contributed by atoms with E-state index in [1.165, 1.54) is 25.7 Å². The van der Waals surface area contributed by atoms with Gasteiger partial charge in [-0.15, -0.1) is 0 Å². The third-order valence-corrected chi connectivity index (χ3v) is 6.39. The Hall–Kier alpha value is -0.0400. The van der Waals surface area contributed by atoms with Crippen molar-refractivity contribution in [2.24, 2.45) is 29.1 Å². The summed E-state index contributed by atoms with van der Waals surface area (Å²) >= 11 is 0. The quantitative estimate of drug-likeness (QED) is 0.591. The molecule has 0 aromatic rings. The second-order valence-electron chi connectivity index (χ2n) is 7.14. The molecule has 0 atom stereocenters. The molecule has 4 saturated carbocycles. The molecule has 4 aliphatic carbocycles. The van der Waals surface area contributed by atoms with E-state index in [1.807, 2.05) is 0 Å². The number of hydrogen-bond donors (Lipinski definition) is 0. The molecule has 1 heteroatoms. The molecule has 0 aromatic carbocycles. The van der Waals surface area contributed by atoms with Crippen LogP contribution >= 0.6 is 0 Å². The number of ether oxygens (including phenoxy) is 1. The molecule has 0 radical (unpaired) electrons. The van der Waals surface area contributed by atoms with Crippen LogP contribution in [0.25, 0.3) is 0 Å². The maximum atomic E-state index is 5.90. The van der Waals surface area contributed by atoms with Crippen molar-refractivity contribution in [2.75, 3.05) is 6.61 Å². The summed E-state index contributed by atoms with van der Waals surface area (Å²) in [6.07, 6.45) is 7.67. The van der Waals surface area contributed by atoms with Crippen LogP contribution in [0.4, 0.5) is 0 Å². The highest BCUT2D eigenvalue weighted by atomic mass is 16.5. The fraction of sp³-hybridized carbons (Fsp3) is 1.00. The van der Waals surface area contributed by atoms with Gasteiger partial charge >= 0.3 is 0 Å². The van der Waals surface area contributed by atoms with Crippen molar-refractivity contribution in [1.29, 1.82) is 0 Å². The van der Waals surface area contributed by atoms with Crippen LogP contribution in [0.2, 0.25) is 0 Å². The van der Waals surface area contributed by atoms with Gasteiger partial charge in [0.2, 0.25) is 0 Å². The lowest BCUT2D eigenvalue weighted by atomic mass is 9.40. The number of hydrogen-bond acceptors (Lipinski definition) is 1. The lowest BCUT2D eigenvalue weighted by molar-refractivity contribution is -0.331. The number of rotatable bonds is 0. The molecule has 84 valence electrons. The van der Waals surface area contributed by atoms with E-state index in [-0.39, 0.29) is 5.60 Å². The first-order valence-electron chi connectivity index (χ1n) is 6.76. The van der Waals surface area contributed by atoms with E-state index >= 15 is 0 Å². The molecule has 0 aromatic heterocycles. The Labute approximate surface area is 92.6 Å². The Balaban J connectivity index is 1.77. The molecule has 1 saturated heterocycles. The lowest BCUT2D eigenvalue weighted by Crippen LogP contribution is -2.71. The van der Waals surface area contributed by atoms with Gasteiger partial charge in [-0.1, -0.05) is 0 Å². The molecule has 0 unspecified atom stereocenters. The van der Waals surface area contributed by atoms with E-state index in [1.54, 1.807) is 6.42 Å². The topological polar surface area (TPSA) is 9.23 Å². The molecule has 15 heavy (non-hydrogen) atoms. The first-order valence-corrected chi connectivity index (χ1v) is 6.76. The zero-order valence-corrected chi connectivity index (χ0v) is 9.96. The molecule has 5 aliphatic rings. The monoisotopic (exact) mass is 206 g/mol. The molecule has 5 fully saturated rings. The van der Waals surface area contributed by atoms with Crippen molar-refractivity contribution >= 4 is 0 Å². The molecule has 1 heterocycles. The predicted molar refractivity (Wildman–Crippen MR) is 59.5 cm³/mol. The zero-order chi connectivity index (χ0) is 10.3.